The average Bonchev–Trinajstić information content (AvgIpc) is 3.47. The summed E-state index contributed by atoms with van der Waals surface area (Å²) in [5.41, 5.74) is 0.0703. The van der Waals surface area contributed by atoms with Crippen LogP contribution in [0.15, 0.2) is 52.2 Å². The van der Waals surface area contributed by atoms with E-state index < -0.39 is 11.6 Å². The molecule has 0 bridgehead atoms. The van der Waals surface area contributed by atoms with Crippen molar-refractivity contribution in [3.05, 3.63) is 63.4 Å². The lowest BCUT2D eigenvalue weighted by molar-refractivity contribution is -0.116. The van der Waals surface area contributed by atoms with Gasteiger partial charge in [-0.3, -0.25) is 18.7 Å². The maximum Gasteiger partial charge on any atom is 0.332 e. The van der Waals surface area contributed by atoms with Crippen LogP contribution in [0.4, 0.5) is 5.69 Å². The summed E-state index contributed by atoms with van der Waals surface area (Å²) in [7, 11) is 1.55. The highest BCUT2D eigenvalue weighted by Gasteiger charge is 2.24. The molecule has 1 atom stereocenters. The molecule has 4 aromatic rings. The first-order chi connectivity index (χ1) is 16.0. The van der Waals surface area contributed by atoms with Gasteiger partial charge in [0.05, 0.1) is 25.3 Å². The van der Waals surface area contributed by atoms with Crippen molar-refractivity contribution in [3.8, 4) is 5.75 Å². The molecule has 1 unspecified atom stereocenters. The molecule has 1 amide bonds. The molecule has 5 rings (SSSR count). The van der Waals surface area contributed by atoms with Crippen molar-refractivity contribution in [2.75, 3.05) is 19.0 Å². The number of fused-ring (bicyclic) bond motifs is 3. The van der Waals surface area contributed by atoms with E-state index in [4.69, 9.17) is 9.47 Å². The maximum absolute atomic E-state index is 13.5. The van der Waals surface area contributed by atoms with Gasteiger partial charge in [-0.25, -0.2) is 9.78 Å². The van der Waals surface area contributed by atoms with Gasteiger partial charge in [-0.15, -0.1) is 11.3 Å². The minimum atomic E-state index is -0.535. The van der Waals surface area contributed by atoms with E-state index in [1.54, 1.807) is 49.7 Å². The topological polar surface area (TPSA) is 104 Å². The zero-order valence-electron chi connectivity index (χ0n) is 17.9. The SMILES string of the molecule is COc1cccc(NC(=O)Cn2c(=O)n(CC3CCCO3)c(=O)c3sc4ncccc4c32)c1. The van der Waals surface area contributed by atoms with Gasteiger partial charge in [-0.1, -0.05) is 6.07 Å². The van der Waals surface area contributed by atoms with Crippen LogP contribution < -0.4 is 21.3 Å². The van der Waals surface area contributed by atoms with Gasteiger partial charge in [0.1, 0.15) is 21.8 Å². The Morgan fingerprint density at radius 1 is 1.27 bits per heavy atom. The molecule has 0 aliphatic carbocycles. The minimum absolute atomic E-state index is 0.160. The number of pyridine rings is 1. The minimum Gasteiger partial charge on any atom is -0.497 e. The number of hydrogen-bond donors (Lipinski definition) is 1. The summed E-state index contributed by atoms with van der Waals surface area (Å²) < 4.78 is 13.8. The van der Waals surface area contributed by atoms with Gasteiger partial charge in [0.15, 0.2) is 0 Å². The van der Waals surface area contributed by atoms with E-state index in [2.05, 4.69) is 10.3 Å². The monoisotopic (exact) mass is 466 g/mol. The van der Waals surface area contributed by atoms with E-state index in [0.717, 1.165) is 12.8 Å². The summed E-state index contributed by atoms with van der Waals surface area (Å²) in [5.74, 6) is 0.213. The van der Waals surface area contributed by atoms with Crippen molar-refractivity contribution in [2.45, 2.75) is 32.0 Å². The van der Waals surface area contributed by atoms with Crippen molar-refractivity contribution in [2.24, 2.45) is 0 Å². The zero-order valence-corrected chi connectivity index (χ0v) is 18.8. The maximum atomic E-state index is 13.5. The molecule has 9 nitrogen and oxygen atoms in total. The molecule has 1 aliphatic rings. The van der Waals surface area contributed by atoms with Crippen LogP contribution in [0.25, 0.3) is 20.4 Å². The number of carbonyl (C=O) groups is 1. The predicted octanol–water partition coefficient (Wildman–Crippen LogP) is 2.60. The zero-order chi connectivity index (χ0) is 22.9. The van der Waals surface area contributed by atoms with Crippen LogP contribution in [0.2, 0.25) is 0 Å². The fourth-order valence-corrected chi connectivity index (χ4v) is 5.22. The van der Waals surface area contributed by atoms with E-state index in [9.17, 15) is 14.4 Å². The number of aromatic nitrogens is 3. The van der Waals surface area contributed by atoms with Crippen LogP contribution in [0.3, 0.4) is 0 Å². The molecule has 1 fully saturated rings. The normalized spacial score (nSPS) is 15.8. The second-order valence-corrected chi connectivity index (χ2v) is 8.83. The Labute approximate surface area is 192 Å². The van der Waals surface area contributed by atoms with Gasteiger partial charge < -0.3 is 14.8 Å². The lowest BCUT2D eigenvalue weighted by atomic mass is 10.2. The Morgan fingerprint density at radius 2 is 2.15 bits per heavy atom. The highest BCUT2D eigenvalue weighted by molar-refractivity contribution is 7.25. The second kappa shape index (κ2) is 8.80. The number of anilines is 1. The molecule has 4 heterocycles. The van der Waals surface area contributed by atoms with Crippen LogP contribution in [-0.2, 0) is 22.6 Å². The van der Waals surface area contributed by atoms with Gasteiger partial charge in [0.2, 0.25) is 5.91 Å². The van der Waals surface area contributed by atoms with Gasteiger partial charge in [0.25, 0.3) is 5.56 Å². The Bertz CT molecular complexity index is 1470. The van der Waals surface area contributed by atoms with Crippen molar-refractivity contribution in [3.63, 3.8) is 0 Å². The van der Waals surface area contributed by atoms with Crippen LogP contribution in [0.5, 0.6) is 5.75 Å². The summed E-state index contributed by atoms with van der Waals surface area (Å²) >= 11 is 1.23. The van der Waals surface area contributed by atoms with E-state index in [1.165, 1.54) is 20.5 Å². The smallest absolute Gasteiger partial charge is 0.332 e. The van der Waals surface area contributed by atoms with E-state index >= 15 is 0 Å². The number of methoxy groups -OCH3 is 1. The summed E-state index contributed by atoms with van der Waals surface area (Å²) in [5, 5.41) is 3.47. The Morgan fingerprint density at radius 3 is 2.94 bits per heavy atom. The molecule has 0 radical (unpaired) electrons. The van der Waals surface area contributed by atoms with Crippen molar-refractivity contribution < 1.29 is 14.3 Å². The molecule has 0 spiro atoms. The fourth-order valence-electron chi connectivity index (χ4n) is 4.13. The average molecular weight is 467 g/mol. The number of ether oxygens (including phenoxy) is 2. The fraction of sp³-hybridized carbons (Fsp3) is 0.304. The molecule has 1 aliphatic heterocycles. The molecule has 1 N–H and O–H groups in total. The van der Waals surface area contributed by atoms with Crippen LogP contribution in [-0.4, -0.2) is 39.8 Å². The standard InChI is InChI=1S/C23H22N4O5S/c1-31-15-6-2-5-14(11-15)25-18(28)13-26-19-17-8-3-9-24-21(17)33-20(19)22(29)27(23(26)30)12-16-7-4-10-32-16/h2-3,5-6,8-9,11,16H,4,7,10,12-13H2,1H3,(H,25,28). The van der Waals surface area contributed by atoms with Crippen LogP contribution >= 0.6 is 11.3 Å². The molecular formula is C23H22N4O5S. The van der Waals surface area contributed by atoms with Crippen LogP contribution in [0, 0.1) is 0 Å². The number of carbonyl (C=O) groups excluding carboxylic acids is 1. The van der Waals surface area contributed by atoms with Gasteiger partial charge in [-0.2, -0.15) is 0 Å². The number of rotatable bonds is 6. The molecule has 33 heavy (non-hydrogen) atoms. The lowest BCUT2D eigenvalue weighted by Gasteiger charge is -2.15. The van der Waals surface area contributed by atoms with E-state index in [1.807, 2.05) is 0 Å². The first kappa shape index (κ1) is 21.4. The molecular weight excluding hydrogens is 444 g/mol. The number of nitrogens with zero attached hydrogens (tertiary/aromatic N) is 3. The van der Waals surface area contributed by atoms with Crippen LogP contribution in [0.1, 0.15) is 12.8 Å². The summed E-state index contributed by atoms with van der Waals surface area (Å²) in [6, 6.07) is 10.5. The second-order valence-electron chi connectivity index (χ2n) is 7.84. The van der Waals surface area contributed by atoms with Crippen molar-refractivity contribution in [1.82, 2.24) is 14.1 Å². The lowest BCUT2D eigenvalue weighted by Crippen LogP contribution is -2.43. The molecule has 10 heteroatoms. The molecule has 170 valence electrons. The Kier molecular flexibility index (Phi) is 5.69. The predicted molar refractivity (Wildman–Crippen MR) is 126 cm³/mol. The highest BCUT2D eigenvalue weighted by atomic mass is 32.1. The Balaban J connectivity index is 1.60. The Hall–Kier alpha value is -3.50. The van der Waals surface area contributed by atoms with E-state index in [0.29, 0.717) is 38.5 Å². The first-order valence-corrected chi connectivity index (χ1v) is 11.4. The van der Waals surface area contributed by atoms with Crippen molar-refractivity contribution in [1.29, 1.82) is 0 Å². The molecule has 3 aromatic heterocycles. The number of benzene rings is 1. The molecule has 1 aromatic carbocycles. The number of hydrogen-bond acceptors (Lipinski definition) is 7. The highest BCUT2D eigenvalue weighted by Crippen LogP contribution is 2.29. The third-order valence-electron chi connectivity index (χ3n) is 5.68. The van der Waals surface area contributed by atoms with Gasteiger partial charge in [-0.05, 0) is 37.1 Å². The summed E-state index contributed by atoms with van der Waals surface area (Å²) in [6.45, 7) is 0.525. The van der Waals surface area contributed by atoms with Crippen molar-refractivity contribution >= 4 is 43.4 Å². The third kappa shape index (κ3) is 4.03. The molecule has 1 saturated heterocycles. The number of amides is 1. The number of thiophene rings is 1. The summed E-state index contributed by atoms with van der Waals surface area (Å²) in [6.07, 6.45) is 3.12. The van der Waals surface area contributed by atoms with E-state index in [-0.39, 0.29) is 24.8 Å². The third-order valence-corrected chi connectivity index (χ3v) is 6.77. The largest absolute Gasteiger partial charge is 0.497 e. The summed E-state index contributed by atoms with van der Waals surface area (Å²) in [4.78, 5) is 44.7. The molecule has 0 saturated carbocycles. The van der Waals surface area contributed by atoms with Gasteiger partial charge >= 0.3 is 5.69 Å². The quantitative estimate of drug-likeness (QED) is 0.468. The first-order valence-electron chi connectivity index (χ1n) is 10.6. The van der Waals surface area contributed by atoms with Gasteiger partial charge in [0, 0.05) is 29.9 Å². The number of nitrogens with one attached hydrogen (secondary N) is 1.